The Morgan fingerprint density at radius 2 is 1.66 bits per heavy atom. The van der Waals surface area contributed by atoms with E-state index in [2.05, 4.69) is 21.2 Å². The Morgan fingerprint density at radius 3 is 2.31 bits per heavy atom. The van der Waals surface area contributed by atoms with Crippen LogP contribution in [0.4, 0.5) is 5.69 Å². The van der Waals surface area contributed by atoms with Gasteiger partial charge < -0.3 is 10.4 Å². The minimum atomic E-state index is -0.996. The number of halogens is 1. The number of carboxylic acid groups (broad SMARTS) is 1. The molecular weight excluding hydrogens is 468 g/mol. The van der Waals surface area contributed by atoms with Crippen LogP contribution in [0.25, 0.3) is 22.2 Å². The maximum Gasteiger partial charge on any atom is 0.335 e. The zero-order valence-corrected chi connectivity index (χ0v) is 19.4. The van der Waals surface area contributed by atoms with Gasteiger partial charge in [0.1, 0.15) is 0 Å². The fourth-order valence-electron chi connectivity index (χ4n) is 3.94. The van der Waals surface area contributed by atoms with Gasteiger partial charge in [0.25, 0.3) is 5.91 Å². The van der Waals surface area contributed by atoms with Gasteiger partial charge in [-0.05, 0) is 67.8 Å². The van der Waals surface area contributed by atoms with E-state index in [0.717, 1.165) is 37.8 Å². The van der Waals surface area contributed by atoms with Crippen LogP contribution in [0, 0.1) is 20.8 Å². The molecule has 0 aliphatic heterocycles. The molecule has 3 aromatic carbocycles. The molecule has 160 valence electrons. The number of amides is 1. The zero-order chi connectivity index (χ0) is 23.0. The monoisotopic (exact) mass is 488 g/mol. The Kier molecular flexibility index (Phi) is 5.80. The molecule has 32 heavy (non-hydrogen) atoms. The number of rotatable bonds is 4. The smallest absolute Gasteiger partial charge is 0.335 e. The number of aromatic carboxylic acids is 1. The van der Waals surface area contributed by atoms with E-state index in [1.54, 1.807) is 19.1 Å². The first-order chi connectivity index (χ1) is 15.3. The molecule has 0 saturated heterocycles. The standard InChI is InChI=1S/C26H21BrN2O3/c1-14-12-19(9-10-20(14)26(31)32)28-25(30)22-16(3)24(17-7-5-4-6-8-17)29-23-15(2)11-18(27)13-21(22)23/h4-13H,1-3H3,(H,28,30)(H,31,32). The maximum absolute atomic E-state index is 13.5. The van der Waals surface area contributed by atoms with Gasteiger partial charge in [-0.15, -0.1) is 0 Å². The number of pyridine rings is 1. The summed E-state index contributed by atoms with van der Waals surface area (Å²) in [6, 6.07) is 18.4. The highest BCUT2D eigenvalue weighted by atomic mass is 79.9. The number of nitrogens with zero attached hydrogens (tertiary/aromatic N) is 1. The van der Waals surface area contributed by atoms with Crippen molar-refractivity contribution < 1.29 is 14.7 Å². The van der Waals surface area contributed by atoms with Crippen molar-refractivity contribution in [2.45, 2.75) is 20.8 Å². The van der Waals surface area contributed by atoms with E-state index in [0.29, 0.717) is 16.8 Å². The van der Waals surface area contributed by atoms with E-state index in [-0.39, 0.29) is 11.5 Å². The summed E-state index contributed by atoms with van der Waals surface area (Å²) >= 11 is 3.54. The van der Waals surface area contributed by atoms with Crippen molar-refractivity contribution in [3.63, 3.8) is 0 Å². The molecule has 1 aromatic heterocycles. The van der Waals surface area contributed by atoms with Gasteiger partial charge in [-0.2, -0.15) is 0 Å². The highest BCUT2D eigenvalue weighted by Gasteiger charge is 2.21. The van der Waals surface area contributed by atoms with Gasteiger partial charge in [0.15, 0.2) is 0 Å². The molecule has 0 bridgehead atoms. The Balaban J connectivity index is 1.88. The number of aromatic nitrogens is 1. The van der Waals surface area contributed by atoms with Gasteiger partial charge >= 0.3 is 5.97 Å². The van der Waals surface area contributed by atoms with E-state index >= 15 is 0 Å². The number of carboxylic acids is 1. The van der Waals surface area contributed by atoms with Gasteiger partial charge in [-0.1, -0.05) is 46.3 Å². The lowest BCUT2D eigenvalue weighted by atomic mass is 9.95. The van der Waals surface area contributed by atoms with E-state index in [1.165, 1.54) is 6.07 Å². The topological polar surface area (TPSA) is 79.3 Å². The van der Waals surface area contributed by atoms with Crippen LogP contribution in [-0.2, 0) is 0 Å². The summed E-state index contributed by atoms with van der Waals surface area (Å²) in [6.07, 6.45) is 0. The molecule has 0 spiro atoms. The molecule has 0 unspecified atom stereocenters. The first-order valence-corrected chi connectivity index (χ1v) is 10.9. The fourth-order valence-corrected chi connectivity index (χ4v) is 4.51. The van der Waals surface area contributed by atoms with Crippen LogP contribution in [0.3, 0.4) is 0 Å². The van der Waals surface area contributed by atoms with Gasteiger partial charge in [-0.25, -0.2) is 9.78 Å². The normalized spacial score (nSPS) is 10.9. The van der Waals surface area contributed by atoms with E-state index in [4.69, 9.17) is 4.98 Å². The second-order valence-electron chi connectivity index (χ2n) is 7.73. The van der Waals surface area contributed by atoms with Crippen molar-refractivity contribution >= 4 is 44.4 Å². The number of anilines is 1. The molecule has 0 atom stereocenters. The van der Waals surface area contributed by atoms with Crippen molar-refractivity contribution in [1.82, 2.24) is 4.98 Å². The van der Waals surface area contributed by atoms with Gasteiger partial charge in [0.2, 0.25) is 0 Å². The second kappa shape index (κ2) is 8.55. The van der Waals surface area contributed by atoms with Gasteiger partial charge in [-0.3, -0.25) is 4.79 Å². The molecule has 4 aromatic rings. The Labute approximate surface area is 194 Å². The number of hydrogen-bond acceptors (Lipinski definition) is 3. The number of carbonyl (C=O) groups excluding carboxylic acids is 1. The van der Waals surface area contributed by atoms with Crippen molar-refractivity contribution in [2.75, 3.05) is 5.32 Å². The molecule has 0 aliphatic carbocycles. The SMILES string of the molecule is Cc1cc(NC(=O)c2c(C)c(-c3ccccc3)nc3c(C)cc(Br)cc23)ccc1C(=O)O. The average molecular weight is 489 g/mol. The van der Waals surface area contributed by atoms with Gasteiger partial charge in [0, 0.05) is 21.1 Å². The molecule has 0 saturated carbocycles. The number of hydrogen-bond donors (Lipinski definition) is 2. The Hall–Kier alpha value is -3.51. The minimum Gasteiger partial charge on any atom is -0.478 e. The molecule has 5 nitrogen and oxygen atoms in total. The summed E-state index contributed by atoms with van der Waals surface area (Å²) in [4.78, 5) is 29.7. The Bertz CT molecular complexity index is 1380. The van der Waals surface area contributed by atoms with Crippen molar-refractivity contribution in [1.29, 1.82) is 0 Å². The number of nitrogens with one attached hydrogen (secondary N) is 1. The predicted molar refractivity (Wildman–Crippen MR) is 130 cm³/mol. The first kappa shape index (κ1) is 21.7. The van der Waals surface area contributed by atoms with Crippen LogP contribution in [0.1, 0.15) is 37.4 Å². The van der Waals surface area contributed by atoms with Crippen LogP contribution in [-0.4, -0.2) is 22.0 Å². The first-order valence-electron chi connectivity index (χ1n) is 10.1. The third-order valence-corrected chi connectivity index (χ3v) is 5.94. The molecule has 6 heteroatoms. The summed E-state index contributed by atoms with van der Waals surface area (Å²) in [5.41, 5.74) is 6.05. The molecule has 0 radical (unpaired) electrons. The number of benzene rings is 3. The molecule has 4 rings (SSSR count). The van der Waals surface area contributed by atoms with Crippen LogP contribution in [0.15, 0.2) is 65.1 Å². The predicted octanol–water partition coefficient (Wildman–Crippen LogP) is 6.54. The van der Waals surface area contributed by atoms with Crippen LogP contribution in [0.5, 0.6) is 0 Å². The zero-order valence-electron chi connectivity index (χ0n) is 17.9. The second-order valence-corrected chi connectivity index (χ2v) is 8.65. The average Bonchev–Trinajstić information content (AvgIpc) is 2.73. The molecule has 0 aliphatic rings. The largest absolute Gasteiger partial charge is 0.478 e. The number of carbonyl (C=O) groups is 2. The van der Waals surface area contributed by atoms with Crippen molar-refractivity contribution in [3.05, 3.63) is 93.0 Å². The summed E-state index contributed by atoms with van der Waals surface area (Å²) in [6.45, 7) is 5.58. The summed E-state index contributed by atoms with van der Waals surface area (Å²) in [5, 5.41) is 13.0. The lowest BCUT2D eigenvalue weighted by Crippen LogP contribution is -2.16. The fraction of sp³-hybridized carbons (Fsp3) is 0.115. The van der Waals surface area contributed by atoms with Crippen LogP contribution < -0.4 is 5.32 Å². The Morgan fingerprint density at radius 1 is 0.938 bits per heavy atom. The lowest BCUT2D eigenvalue weighted by molar-refractivity contribution is 0.0696. The van der Waals surface area contributed by atoms with E-state index in [9.17, 15) is 14.7 Å². The molecule has 1 amide bonds. The number of aryl methyl sites for hydroxylation is 2. The molecule has 2 N–H and O–H groups in total. The molecule has 1 heterocycles. The van der Waals surface area contributed by atoms with E-state index < -0.39 is 5.97 Å². The van der Waals surface area contributed by atoms with Crippen LogP contribution >= 0.6 is 15.9 Å². The lowest BCUT2D eigenvalue weighted by Gasteiger charge is -2.17. The molecule has 0 fully saturated rings. The van der Waals surface area contributed by atoms with Crippen molar-refractivity contribution in [3.8, 4) is 11.3 Å². The number of fused-ring (bicyclic) bond motifs is 1. The summed E-state index contributed by atoms with van der Waals surface area (Å²) < 4.78 is 0.867. The highest BCUT2D eigenvalue weighted by molar-refractivity contribution is 9.10. The highest BCUT2D eigenvalue weighted by Crippen LogP contribution is 2.33. The van der Waals surface area contributed by atoms with Crippen molar-refractivity contribution in [2.24, 2.45) is 0 Å². The minimum absolute atomic E-state index is 0.208. The van der Waals surface area contributed by atoms with E-state index in [1.807, 2.05) is 56.3 Å². The summed E-state index contributed by atoms with van der Waals surface area (Å²) in [7, 11) is 0. The van der Waals surface area contributed by atoms with Crippen LogP contribution in [0.2, 0.25) is 0 Å². The third kappa shape index (κ3) is 4.01. The molecular formula is C26H21BrN2O3. The van der Waals surface area contributed by atoms with Gasteiger partial charge in [0.05, 0.1) is 22.3 Å². The third-order valence-electron chi connectivity index (χ3n) is 5.48. The maximum atomic E-state index is 13.5. The summed E-state index contributed by atoms with van der Waals surface area (Å²) in [5.74, 6) is -1.27. The quantitative estimate of drug-likeness (QED) is 0.341.